The van der Waals surface area contributed by atoms with Crippen LogP contribution in [-0.2, 0) is 5.41 Å². The lowest BCUT2D eigenvalue weighted by molar-refractivity contribution is -0.314. The van der Waals surface area contributed by atoms with E-state index in [0.29, 0.717) is 5.56 Å². The van der Waals surface area contributed by atoms with Crippen LogP contribution in [0.3, 0.4) is 0 Å². The number of carbonyl (C=O) groups excluding carboxylic acids is 1. The van der Waals surface area contributed by atoms with Gasteiger partial charge in [0.25, 0.3) is 5.91 Å². The van der Waals surface area contributed by atoms with Gasteiger partial charge in [0.15, 0.2) is 0 Å². The number of hydrogen-bond donors (Lipinski definition) is 2. The molecule has 3 heterocycles. The number of pyridine rings is 2. The largest absolute Gasteiger partial charge is 0.361 e. The lowest BCUT2D eigenvalue weighted by atomic mass is 9.90. The Morgan fingerprint density at radius 1 is 1.06 bits per heavy atom. The normalized spacial score (nSPS) is 17.3. The van der Waals surface area contributed by atoms with Crippen LogP contribution in [0, 0.1) is 0 Å². The summed E-state index contributed by atoms with van der Waals surface area (Å²) in [4.78, 5) is 22.5. The molecule has 1 aliphatic heterocycles. The van der Waals surface area contributed by atoms with Crippen LogP contribution >= 0.6 is 11.6 Å². The van der Waals surface area contributed by atoms with Crippen molar-refractivity contribution in [2.75, 3.05) is 13.1 Å². The average molecular weight is 502 g/mol. The molecule has 0 spiro atoms. The molecule has 1 aromatic carbocycles. The zero-order valence-corrected chi connectivity index (χ0v) is 20.4. The van der Waals surface area contributed by atoms with E-state index in [9.17, 15) is 23.8 Å². The highest BCUT2D eigenvalue weighted by atomic mass is 35.5. The first-order valence-corrected chi connectivity index (χ1v) is 11.5. The molecule has 0 aliphatic carbocycles. The highest BCUT2D eigenvalue weighted by Crippen LogP contribution is 2.36. The fourth-order valence-corrected chi connectivity index (χ4v) is 4.21. The molecule has 2 N–H and O–H groups in total. The third-order valence-corrected chi connectivity index (χ3v) is 6.43. The molecule has 0 saturated carbocycles. The Labute approximate surface area is 207 Å². The highest BCUT2D eigenvalue weighted by Gasteiger charge is 2.56. The standard InChI is InChI=1S/C26H26ClF2N3O3/c1-24(2,3)22-12-16(6-8-31-22)18-10-19(14-30-13-18)20-5-4-17(11-21(20)27)23(33)32-9-7-26(34,35)25(28,29)15-32/h4-6,8,10-14,34-35H,7,9,15H2,1-3H3. The lowest BCUT2D eigenvalue weighted by Crippen LogP contribution is -2.61. The van der Waals surface area contributed by atoms with Crippen molar-refractivity contribution < 1.29 is 23.8 Å². The number of rotatable bonds is 3. The fraction of sp³-hybridized carbons (Fsp3) is 0.346. The second-order valence-electron chi connectivity index (χ2n) is 9.83. The quantitative estimate of drug-likeness (QED) is 0.497. The Morgan fingerprint density at radius 3 is 2.43 bits per heavy atom. The topological polar surface area (TPSA) is 86.6 Å². The smallest absolute Gasteiger partial charge is 0.317 e. The number of piperidine rings is 1. The Kier molecular flexibility index (Phi) is 6.42. The lowest BCUT2D eigenvalue weighted by Gasteiger charge is -2.40. The minimum absolute atomic E-state index is 0.110. The zero-order chi connectivity index (χ0) is 25.6. The first-order chi connectivity index (χ1) is 16.3. The molecule has 1 aliphatic rings. The van der Waals surface area contributed by atoms with Crippen molar-refractivity contribution in [2.45, 2.75) is 44.3 Å². The van der Waals surface area contributed by atoms with Gasteiger partial charge in [0.1, 0.15) is 0 Å². The van der Waals surface area contributed by atoms with Crippen molar-refractivity contribution in [3.8, 4) is 22.3 Å². The van der Waals surface area contributed by atoms with E-state index < -0.39 is 30.6 Å². The number of halogens is 3. The molecule has 35 heavy (non-hydrogen) atoms. The van der Waals surface area contributed by atoms with E-state index in [1.54, 1.807) is 24.7 Å². The summed E-state index contributed by atoms with van der Waals surface area (Å²) in [6.45, 7) is 4.96. The van der Waals surface area contributed by atoms with Crippen molar-refractivity contribution in [1.29, 1.82) is 0 Å². The van der Waals surface area contributed by atoms with Crippen molar-refractivity contribution in [3.05, 3.63) is 71.3 Å². The van der Waals surface area contributed by atoms with Crippen LogP contribution in [0.25, 0.3) is 22.3 Å². The fourth-order valence-electron chi connectivity index (χ4n) is 3.92. The number of nitrogens with zero attached hydrogens (tertiary/aromatic N) is 3. The molecule has 2 aromatic heterocycles. The van der Waals surface area contributed by atoms with E-state index >= 15 is 0 Å². The number of amides is 1. The third kappa shape index (κ3) is 5.05. The van der Waals surface area contributed by atoms with Crippen LogP contribution in [0.4, 0.5) is 8.78 Å². The van der Waals surface area contributed by atoms with Gasteiger partial charge >= 0.3 is 5.92 Å². The minimum atomic E-state index is -3.84. The molecular weight excluding hydrogens is 476 g/mol. The predicted molar refractivity (Wildman–Crippen MR) is 129 cm³/mol. The average Bonchev–Trinajstić information content (AvgIpc) is 2.80. The highest BCUT2D eigenvalue weighted by molar-refractivity contribution is 6.33. The maximum absolute atomic E-state index is 14.0. The van der Waals surface area contributed by atoms with Crippen LogP contribution in [-0.4, -0.2) is 55.8 Å². The van der Waals surface area contributed by atoms with Gasteiger partial charge in [-0.05, 0) is 35.9 Å². The summed E-state index contributed by atoms with van der Waals surface area (Å²) >= 11 is 6.50. The molecule has 0 radical (unpaired) electrons. The zero-order valence-electron chi connectivity index (χ0n) is 19.6. The van der Waals surface area contributed by atoms with Gasteiger partial charge in [0, 0.05) is 69.9 Å². The van der Waals surface area contributed by atoms with Crippen molar-refractivity contribution in [3.63, 3.8) is 0 Å². The second-order valence-corrected chi connectivity index (χ2v) is 10.2. The Morgan fingerprint density at radius 2 is 1.77 bits per heavy atom. The molecule has 4 rings (SSSR count). The van der Waals surface area contributed by atoms with Gasteiger partial charge in [-0.2, -0.15) is 8.78 Å². The van der Waals surface area contributed by atoms with Crippen LogP contribution in [0.15, 0.2) is 55.0 Å². The third-order valence-electron chi connectivity index (χ3n) is 6.12. The number of alkyl halides is 2. The van der Waals surface area contributed by atoms with Gasteiger partial charge in [-0.1, -0.05) is 38.4 Å². The van der Waals surface area contributed by atoms with Crippen molar-refractivity contribution in [2.24, 2.45) is 0 Å². The molecule has 184 valence electrons. The van der Waals surface area contributed by atoms with Crippen LogP contribution in [0.2, 0.25) is 5.02 Å². The van der Waals surface area contributed by atoms with Crippen LogP contribution < -0.4 is 0 Å². The van der Waals surface area contributed by atoms with Crippen LogP contribution in [0.1, 0.15) is 43.2 Å². The Bertz CT molecular complexity index is 1270. The van der Waals surface area contributed by atoms with Gasteiger partial charge in [-0.25, -0.2) is 0 Å². The monoisotopic (exact) mass is 501 g/mol. The molecule has 1 saturated heterocycles. The first-order valence-electron chi connectivity index (χ1n) is 11.1. The number of hydrogen-bond acceptors (Lipinski definition) is 5. The van der Waals surface area contributed by atoms with E-state index in [2.05, 4.69) is 30.7 Å². The second kappa shape index (κ2) is 8.93. The number of aliphatic hydroxyl groups is 2. The van der Waals surface area contributed by atoms with Gasteiger partial charge in [-0.15, -0.1) is 0 Å². The van der Waals surface area contributed by atoms with Gasteiger partial charge < -0.3 is 15.1 Å². The Hall–Kier alpha value is -2.94. The number of aromatic nitrogens is 2. The summed E-state index contributed by atoms with van der Waals surface area (Å²) in [5.41, 5.74) is 4.17. The van der Waals surface area contributed by atoms with Gasteiger partial charge in [0.2, 0.25) is 5.79 Å². The van der Waals surface area contributed by atoms with Crippen molar-refractivity contribution in [1.82, 2.24) is 14.9 Å². The molecule has 0 bridgehead atoms. The number of benzene rings is 1. The van der Waals surface area contributed by atoms with Gasteiger partial charge in [0.05, 0.1) is 6.54 Å². The summed E-state index contributed by atoms with van der Waals surface area (Å²) in [6, 6.07) is 10.4. The van der Waals surface area contributed by atoms with Gasteiger partial charge in [-0.3, -0.25) is 14.8 Å². The Balaban J connectivity index is 1.60. The molecule has 1 amide bonds. The van der Waals surface area contributed by atoms with Crippen LogP contribution in [0.5, 0.6) is 0 Å². The summed E-state index contributed by atoms with van der Waals surface area (Å²) < 4.78 is 28.0. The van der Waals surface area contributed by atoms with E-state index in [4.69, 9.17) is 11.6 Å². The maximum atomic E-state index is 14.0. The number of likely N-dealkylation sites (tertiary alicyclic amines) is 1. The molecule has 6 nitrogen and oxygen atoms in total. The molecular formula is C26H26ClF2N3O3. The van der Waals surface area contributed by atoms with E-state index in [0.717, 1.165) is 27.3 Å². The number of carbonyl (C=O) groups is 1. The SMILES string of the molecule is CC(C)(C)c1cc(-c2cncc(-c3ccc(C(=O)N4CCC(O)(O)C(F)(F)C4)cc3Cl)c2)ccn1. The minimum Gasteiger partial charge on any atom is -0.361 e. The van der Waals surface area contributed by atoms with E-state index in [-0.39, 0.29) is 22.5 Å². The summed E-state index contributed by atoms with van der Waals surface area (Å²) in [5, 5.41) is 19.2. The summed E-state index contributed by atoms with van der Waals surface area (Å²) in [5.74, 6) is -7.63. The summed E-state index contributed by atoms with van der Waals surface area (Å²) in [7, 11) is 0. The molecule has 3 aromatic rings. The molecule has 9 heteroatoms. The van der Waals surface area contributed by atoms with E-state index in [1.165, 1.54) is 12.1 Å². The van der Waals surface area contributed by atoms with Crippen molar-refractivity contribution >= 4 is 17.5 Å². The summed E-state index contributed by atoms with van der Waals surface area (Å²) in [6.07, 6.45) is 4.51. The predicted octanol–water partition coefficient (Wildman–Crippen LogP) is 4.92. The maximum Gasteiger partial charge on any atom is 0.317 e. The first kappa shape index (κ1) is 25.2. The van der Waals surface area contributed by atoms with E-state index in [1.807, 2.05) is 18.2 Å². The molecule has 0 unspecified atom stereocenters. The molecule has 1 fully saturated rings. The molecule has 0 atom stereocenters.